The Kier molecular flexibility index (Phi) is 7.11. The zero-order chi connectivity index (χ0) is 29.3. The molecule has 0 spiro atoms. The highest BCUT2D eigenvalue weighted by Crippen LogP contribution is 2.71. The maximum absolute atomic E-state index is 12.6. The third-order valence-corrected chi connectivity index (χ3v) is 10.9. The highest BCUT2D eigenvalue weighted by atomic mass is 16.6. The first-order valence-electron chi connectivity index (χ1n) is 14.1. The van der Waals surface area contributed by atoms with Crippen LogP contribution in [0.2, 0.25) is 0 Å². The van der Waals surface area contributed by atoms with Crippen molar-refractivity contribution in [1.29, 1.82) is 0 Å². The summed E-state index contributed by atoms with van der Waals surface area (Å²) in [5.41, 5.74) is -4.43. The maximum atomic E-state index is 12.6. The quantitative estimate of drug-likeness (QED) is 0.326. The van der Waals surface area contributed by atoms with Crippen LogP contribution in [0.1, 0.15) is 72.6 Å². The molecule has 0 radical (unpaired) electrons. The van der Waals surface area contributed by atoms with Crippen LogP contribution in [-0.2, 0) is 38.1 Å². The highest BCUT2D eigenvalue weighted by Gasteiger charge is 2.76. The first-order chi connectivity index (χ1) is 18.7. The SMILES string of the molecule is CC(=O)OCC12C(O)CC(OC(C)=O)CC1(O)CCC1C2C(OC(C)=O)CC2(C)C(C3=CC(=O)OC3)CCC12O. The van der Waals surface area contributed by atoms with Crippen molar-refractivity contribution >= 4 is 23.9 Å². The molecule has 4 saturated carbocycles. The zero-order valence-electron chi connectivity index (χ0n) is 23.5. The van der Waals surface area contributed by atoms with E-state index in [2.05, 4.69) is 0 Å². The van der Waals surface area contributed by atoms with E-state index >= 15 is 0 Å². The number of esters is 4. The fourth-order valence-corrected chi connectivity index (χ4v) is 9.47. The fourth-order valence-electron chi connectivity index (χ4n) is 9.47. The van der Waals surface area contributed by atoms with Gasteiger partial charge in [0.25, 0.3) is 0 Å². The van der Waals surface area contributed by atoms with E-state index in [-0.39, 0.29) is 44.8 Å². The minimum Gasteiger partial charge on any atom is -0.465 e. The maximum Gasteiger partial charge on any atom is 0.331 e. The lowest BCUT2D eigenvalue weighted by atomic mass is 9.40. The molecule has 4 fully saturated rings. The van der Waals surface area contributed by atoms with Crippen LogP contribution >= 0.6 is 0 Å². The summed E-state index contributed by atoms with van der Waals surface area (Å²) in [6.07, 6.45) is 0.267. The number of hydrogen-bond acceptors (Lipinski definition) is 11. The fraction of sp³-hybridized carbons (Fsp3) is 0.793. The number of aliphatic hydroxyl groups is 3. The molecule has 1 aliphatic heterocycles. The summed E-state index contributed by atoms with van der Waals surface area (Å²) < 4.78 is 22.1. The largest absolute Gasteiger partial charge is 0.465 e. The Bertz CT molecular complexity index is 1130. The van der Waals surface area contributed by atoms with Gasteiger partial charge in [-0.3, -0.25) is 14.4 Å². The lowest BCUT2D eigenvalue weighted by molar-refractivity contribution is -0.319. The van der Waals surface area contributed by atoms with E-state index in [0.29, 0.717) is 19.3 Å². The first kappa shape index (κ1) is 29.0. The standard InChI is InChI=1S/C29H40O11/c1-15(30)38-14-28-23(33)10-19(39-16(2)31)11-27(28,35)7-5-21-25(28)22(40-17(3)32)12-26(4)20(6-8-29(21,26)36)18-9-24(34)37-13-18/h9,19-23,25,33,35-36H,5-8,10-14H2,1-4H3. The second-order valence-electron chi connectivity index (χ2n) is 12.8. The van der Waals surface area contributed by atoms with Gasteiger partial charge >= 0.3 is 23.9 Å². The Morgan fingerprint density at radius 2 is 1.73 bits per heavy atom. The van der Waals surface area contributed by atoms with Crippen molar-refractivity contribution in [3.63, 3.8) is 0 Å². The lowest BCUT2D eigenvalue weighted by Crippen LogP contribution is -2.76. The van der Waals surface area contributed by atoms with Gasteiger partial charge in [-0.1, -0.05) is 6.92 Å². The van der Waals surface area contributed by atoms with Gasteiger partial charge < -0.3 is 34.3 Å². The molecule has 222 valence electrons. The van der Waals surface area contributed by atoms with Crippen LogP contribution in [0.4, 0.5) is 0 Å². The second-order valence-corrected chi connectivity index (χ2v) is 12.8. The number of fused-ring (bicyclic) bond motifs is 5. The molecular weight excluding hydrogens is 524 g/mol. The van der Waals surface area contributed by atoms with Gasteiger partial charge in [0, 0.05) is 51.0 Å². The van der Waals surface area contributed by atoms with E-state index in [4.69, 9.17) is 18.9 Å². The summed E-state index contributed by atoms with van der Waals surface area (Å²) in [6, 6.07) is 0. The minimum absolute atomic E-state index is 0.00553. The van der Waals surface area contributed by atoms with E-state index in [0.717, 1.165) is 5.57 Å². The average molecular weight is 565 g/mol. The number of aliphatic hydroxyl groups excluding tert-OH is 1. The van der Waals surface area contributed by atoms with Gasteiger partial charge in [0.2, 0.25) is 0 Å². The monoisotopic (exact) mass is 564 g/mol. The molecule has 0 amide bonds. The van der Waals surface area contributed by atoms with Gasteiger partial charge in [-0.25, -0.2) is 4.79 Å². The zero-order valence-corrected chi connectivity index (χ0v) is 23.5. The minimum atomic E-state index is -1.64. The molecule has 0 aromatic carbocycles. The molecule has 1 heterocycles. The van der Waals surface area contributed by atoms with E-state index in [1.54, 1.807) is 0 Å². The molecule has 4 aliphatic carbocycles. The normalized spacial score (nSPS) is 45.8. The van der Waals surface area contributed by atoms with Crippen molar-refractivity contribution in [3.05, 3.63) is 11.6 Å². The molecule has 5 rings (SSSR count). The first-order valence-corrected chi connectivity index (χ1v) is 14.1. The van der Waals surface area contributed by atoms with Crippen LogP contribution in [0.5, 0.6) is 0 Å². The van der Waals surface area contributed by atoms with Crippen LogP contribution in [0, 0.1) is 28.6 Å². The highest BCUT2D eigenvalue weighted by molar-refractivity contribution is 5.85. The number of rotatable bonds is 5. The van der Waals surface area contributed by atoms with Crippen molar-refractivity contribution in [2.45, 2.75) is 102 Å². The number of carbonyl (C=O) groups excluding carboxylic acids is 4. The lowest BCUT2D eigenvalue weighted by Gasteiger charge is -2.68. The summed E-state index contributed by atoms with van der Waals surface area (Å²) in [5, 5.41) is 36.7. The Morgan fingerprint density at radius 1 is 1.02 bits per heavy atom. The molecule has 0 saturated heterocycles. The van der Waals surface area contributed by atoms with Crippen molar-refractivity contribution in [2.75, 3.05) is 13.2 Å². The van der Waals surface area contributed by atoms with Crippen LogP contribution in [0.15, 0.2) is 11.6 Å². The molecule has 10 unspecified atom stereocenters. The predicted octanol–water partition coefficient (Wildman–Crippen LogP) is 1.35. The van der Waals surface area contributed by atoms with Gasteiger partial charge in [0.15, 0.2) is 0 Å². The summed E-state index contributed by atoms with van der Waals surface area (Å²) in [4.78, 5) is 48.2. The summed E-state index contributed by atoms with van der Waals surface area (Å²) in [5.74, 6) is -3.61. The molecule has 11 nitrogen and oxygen atoms in total. The Hall–Kier alpha value is -2.50. The van der Waals surface area contributed by atoms with Crippen molar-refractivity contribution in [1.82, 2.24) is 0 Å². The number of ether oxygens (including phenoxy) is 4. The van der Waals surface area contributed by atoms with Crippen LogP contribution in [0.3, 0.4) is 0 Å². The number of hydrogen-bond donors (Lipinski definition) is 3. The van der Waals surface area contributed by atoms with E-state index in [9.17, 15) is 34.5 Å². The molecular formula is C29H40O11. The van der Waals surface area contributed by atoms with Gasteiger partial charge in [-0.05, 0) is 49.5 Å². The van der Waals surface area contributed by atoms with Gasteiger partial charge in [-0.15, -0.1) is 0 Å². The Labute approximate surface area is 233 Å². The second kappa shape index (κ2) is 9.80. The van der Waals surface area contributed by atoms with E-state index in [1.165, 1.54) is 26.8 Å². The molecule has 0 bridgehead atoms. The number of carbonyl (C=O) groups is 4. The van der Waals surface area contributed by atoms with Crippen molar-refractivity contribution < 1.29 is 53.4 Å². The third-order valence-electron chi connectivity index (χ3n) is 10.9. The summed E-state index contributed by atoms with van der Waals surface area (Å²) >= 11 is 0. The van der Waals surface area contributed by atoms with Gasteiger partial charge in [-0.2, -0.15) is 0 Å². The molecule has 5 aliphatic rings. The molecule has 40 heavy (non-hydrogen) atoms. The number of cyclic esters (lactones) is 1. The Morgan fingerprint density at radius 3 is 2.33 bits per heavy atom. The molecule has 10 atom stereocenters. The van der Waals surface area contributed by atoms with Gasteiger partial charge in [0.1, 0.15) is 25.4 Å². The van der Waals surface area contributed by atoms with Crippen LogP contribution in [-0.4, -0.2) is 81.9 Å². The predicted molar refractivity (Wildman–Crippen MR) is 136 cm³/mol. The average Bonchev–Trinajstić information content (AvgIpc) is 3.37. The summed E-state index contributed by atoms with van der Waals surface area (Å²) in [6.45, 7) is 5.54. The van der Waals surface area contributed by atoms with E-state index < -0.39 is 76.1 Å². The van der Waals surface area contributed by atoms with E-state index in [1.807, 2.05) is 6.92 Å². The molecule has 0 aromatic rings. The molecule has 11 heteroatoms. The molecule has 0 aromatic heterocycles. The topological polar surface area (TPSA) is 166 Å². The van der Waals surface area contributed by atoms with Crippen molar-refractivity contribution in [3.8, 4) is 0 Å². The summed E-state index contributed by atoms with van der Waals surface area (Å²) in [7, 11) is 0. The van der Waals surface area contributed by atoms with Crippen LogP contribution in [0.25, 0.3) is 0 Å². The third kappa shape index (κ3) is 4.18. The van der Waals surface area contributed by atoms with Crippen molar-refractivity contribution in [2.24, 2.45) is 28.6 Å². The van der Waals surface area contributed by atoms with Crippen LogP contribution < -0.4 is 0 Å². The molecule has 3 N–H and O–H groups in total. The smallest absolute Gasteiger partial charge is 0.331 e. The Balaban J connectivity index is 1.63. The van der Waals surface area contributed by atoms with Gasteiger partial charge in [0.05, 0.1) is 22.7 Å².